The zero-order valence-corrected chi connectivity index (χ0v) is 17.5. The molecular formula is C22H25N4O4+. The van der Waals surface area contributed by atoms with Gasteiger partial charge in [0.15, 0.2) is 5.69 Å². The van der Waals surface area contributed by atoms with E-state index in [4.69, 9.17) is 28.9 Å². The van der Waals surface area contributed by atoms with Crippen LogP contribution in [0.3, 0.4) is 0 Å². The molecule has 8 nitrogen and oxygen atoms in total. The number of nitrogens with zero attached hydrogens (tertiary/aromatic N) is 4. The van der Waals surface area contributed by atoms with Gasteiger partial charge in [-0.05, 0) is 6.07 Å². The number of morpholine rings is 1. The Kier molecular flexibility index (Phi) is 4.55. The molecule has 6 rings (SSSR count). The van der Waals surface area contributed by atoms with Crippen LogP contribution in [0.15, 0.2) is 41.4 Å². The molecule has 2 aromatic rings. The van der Waals surface area contributed by atoms with Gasteiger partial charge in [0.25, 0.3) is 0 Å². The first-order valence-corrected chi connectivity index (χ1v) is 10.1. The number of hydrogen-bond acceptors (Lipinski definition) is 6. The van der Waals surface area contributed by atoms with E-state index in [-0.39, 0.29) is 6.54 Å². The van der Waals surface area contributed by atoms with Gasteiger partial charge in [-0.2, -0.15) is 9.97 Å². The van der Waals surface area contributed by atoms with Crippen molar-refractivity contribution < 1.29 is 18.9 Å². The monoisotopic (exact) mass is 409 g/mol. The Morgan fingerprint density at radius 3 is 2.60 bits per heavy atom. The molecular weight excluding hydrogens is 384 g/mol. The van der Waals surface area contributed by atoms with Crippen LogP contribution in [0.5, 0.6) is 0 Å². The van der Waals surface area contributed by atoms with E-state index in [2.05, 4.69) is 6.07 Å². The van der Waals surface area contributed by atoms with Crippen molar-refractivity contribution in [3.05, 3.63) is 47.1 Å². The minimum atomic E-state index is -1.01. The van der Waals surface area contributed by atoms with Crippen LogP contribution < -0.4 is 10.2 Å². The number of methoxy groups -OCH3 is 3. The van der Waals surface area contributed by atoms with Crippen molar-refractivity contribution in [1.29, 1.82) is 0 Å². The lowest BCUT2D eigenvalue weighted by Gasteiger charge is -2.44. The second kappa shape index (κ2) is 7.02. The van der Waals surface area contributed by atoms with Gasteiger partial charge in [-0.3, -0.25) is 0 Å². The van der Waals surface area contributed by atoms with E-state index >= 15 is 0 Å². The standard InChI is InChI=1S/C22H25N4O4/c1-27-14-11-18(28-2)15(13-23)22(12-14,29-3)20-19-16-5-4-6-17(19)26(21(24-16)25-20)7-9-30-10-8-26/h4-6,11H,7-10,12-13H2,1-3H3/q+1. The van der Waals surface area contributed by atoms with Crippen LogP contribution in [0.4, 0.5) is 11.6 Å². The molecule has 4 aliphatic rings. The second-order valence-electron chi connectivity index (χ2n) is 7.80. The number of fused-ring (bicyclic) bond motifs is 1. The van der Waals surface area contributed by atoms with Crippen molar-refractivity contribution in [3.8, 4) is 0 Å². The van der Waals surface area contributed by atoms with Crippen LogP contribution in [-0.2, 0) is 24.5 Å². The van der Waals surface area contributed by atoms with Gasteiger partial charge < -0.3 is 18.9 Å². The van der Waals surface area contributed by atoms with Crippen molar-refractivity contribution in [3.63, 3.8) is 0 Å². The van der Waals surface area contributed by atoms with Gasteiger partial charge in [0.1, 0.15) is 35.9 Å². The molecule has 1 unspecified atom stereocenters. The predicted octanol–water partition coefficient (Wildman–Crippen LogP) is 2.36. The van der Waals surface area contributed by atoms with Crippen molar-refractivity contribution in [1.82, 2.24) is 20.2 Å². The summed E-state index contributed by atoms with van der Waals surface area (Å²) in [5.74, 6) is 1.98. The van der Waals surface area contributed by atoms with Crippen molar-refractivity contribution >= 4 is 22.5 Å². The first kappa shape index (κ1) is 19.4. The lowest BCUT2D eigenvalue weighted by atomic mass is 9.79. The number of benzene rings is 1. The normalized spacial score (nSPS) is 24.6. The van der Waals surface area contributed by atoms with E-state index in [1.165, 1.54) is 0 Å². The maximum Gasteiger partial charge on any atom is 0.335 e. The van der Waals surface area contributed by atoms with Crippen LogP contribution in [0, 0.1) is 0 Å². The summed E-state index contributed by atoms with van der Waals surface area (Å²) in [6, 6.07) is 6.19. The smallest absolute Gasteiger partial charge is 0.335 e. The van der Waals surface area contributed by atoms with Gasteiger partial charge in [-0.15, -0.1) is 5.73 Å². The molecule has 3 aliphatic heterocycles. The van der Waals surface area contributed by atoms with Crippen LogP contribution in [-0.4, -0.2) is 64.1 Å². The molecule has 1 aromatic carbocycles. The lowest BCUT2D eigenvalue weighted by Crippen LogP contribution is -2.55. The first-order valence-electron chi connectivity index (χ1n) is 10.1. The molecule has 156 valence electrons. The quantitative estimate of drug-likeness (QED) is 0.705. The third-order valence-corrected chi connectivity index (χ3v) is 6.64. The lowest BCUT2D eigenvalue weighted by molar-refractivity contribution is -0.00381. The third-order valence-electron chi connectivity index (χ3n) is 6.64. The number of rotatable bonds is 5. The van der Waals surface area contributed by atoms with Gasteiger partial charge in [0.05, 0.1) is 44.9 Å². The van der Waals surface area contributed by atoms with E-state index in [1.54, 1.807) is 27.4 Å². The van der Waals surface area contributed by atoms with E-state index in [0.717, 1.165) is 41.3 Å². The molecule has 0 saturated carbocycles. The van der Waals surface area contributed by atoms with Gasteiger partial charge in [0, 0.05) is 31.2 Å². The topological polar surface area (TPSA) is 85.0 Å². The minimum Gasteiger partial charge on any atom is -0.501 e. The molecule has 1 saturated heterocycles. The van der Waals surface area contributed by atoms with Gasteiger partial charge in [-0.25, -0.2) is 4.48 Å². The maximum atomic E-state index is 10.3. The van der Waals surface area contributed by atoms with Crippen LogP contribution in [0.1, 0.15) is 12.1 Å². The fourth-order valence-corrected chi connectivity index (χ4v) is 5.07. The number of allylic oxidation sites excluding steroid dienone is 1. The number of hydrogen-bond donors (Lipinski definition) is 0. The molecule has 8 heteroatoms. The average molecular weight is 409 g/mol. The molecule has 1 fully saturated rings. The van der Waals surface area contributed by atoms with Crippen molar-refractivity contribution in [2.24, 2.45) is 0 Å². The Bertz CT molecular complexity index is 1070. The number of ether oxygens (including phenoxy) is 4. The molecule has 0 amide bonds. The highest BCUT2D eigenvalue weighted by atomic mass is 16.5. The van der Waals surface area contributed by atoms with Gasteiger partial charge in [-0.1, -0.05) is 6.07 Å². The third kappa shape index (κ3) is 2.42. The van der Waals surface area contributed by atoms with E-state index in [1.807, 2.05) is 12.1 Å². The Hall–Kier alpha value is -2.52. The summed E-state index contributed by atoms with van der Waals surface area (Å²) in [5.41, 5.74) is 12.7. The van der Waals surface area contributed by atoms with E-state index < -0.39 is 5.60 Å². The van der Waals surface area contributed by atoms with Crippen molar-refractivity contribution in [2.45, 2.75) is 12.0 Å². The molecule has 1 aliphatic carbocycles. The molecule has 1 atom stereocenters. The Balaban J connectivity index is 1.80. The highest BCUT2D eigenvalue weighted by Gasteiger charge is 2.52. The molecule has 1 aromatic heterocycles. The molecule has 1 spiro atoms. The largest absolute Gasteiger partial charge is 0.501 e. The van der Waals surface area contributed by atoms with Crippen LogP contribution in [0.2, 0.25) is 0 Å². The van der Waals surface area contributed by atoms with Crippen LogP contribution in [0.25, 0.3) is 10.9 Å². The number of quaternary nitrogens is 1. The summed E-state index contributed by atoms with van der Waals surface area (Å²) in [4.78, 5) is 9.93. The van der Waals surface area contributed by atoms with Gasteiger partial charge in [0.2, 0.25) is 0 Å². The predicted molar refractivity (Wildman–Crippen MR) is 111 cm³/mol. The molecule has 30 heavy (non-hydrogen) atoms. The summed E-state index contributed by atoms with van der Waals surface area (Å²) in [6.07, 6.45) is 2.21. The van der Waals surface area contributed by atoms with Gasteiger partial charge >= 0.3 is 5.95 Å². The zero-order chi connectivity index (χ0) is 20.9. The molecule has 2 radical (unpaired) electrons. The second-order valence-corrected chi connectivity index (χ2v) is 7.80. The highest BCUT2D eigenvalue weighted by Crippen LogP contribution is 2.52. The summed E-state index contributed by atoms with van der Waals surface area (Å²) in [6.45, 7) is 2.69. The first-order chi connectivity index (χ1) is 14.6. The average Bonchev–Trinajstić information content (AvgIpc) is 2.81. The zero-order valence-electron chi connectivity index (χ0n) is 17.5. The van der Waals surface area contributed by atoms with Crippen molar-refractivity contribution in [2.75, 3.05) is 54.2 Å². The minimum absolute atomic E-state index is 0.221. The summed E-state index contributed by atoms with van der Waals surface area (Å²) in [5, 5.41) is 0.968. The van der Waals surface area contributed by atoms with Crippen LogP contribution >= 0.6 is 0 Å². The Morgan fingerprint density at radius 1 is 1.13 bits per heavy atom. The summed E-state index contributed by atoms with van der Waals surface area (Å²) >= 11 is 0. The number of aromatic nitrogens is 2. The highest BCUT2D eigenvalue weighted by molar-refractivity contribution is 5.98. The van der Waals surface area contributed by atoms with E-state index in [9.17, 15) is 5.73 Å². The van der Waals surface area contributed by atoms with E-state index in [0.29, 0.717) is 41.2 Å². The Morgan fingerprint density at radius 2 is 1.93 bits per heavy atom. The maximum absolute atomic E-state index is 10.3. The SMILES string of the molecule is COC1=CC(OC)=C(C[N])C(OC)(c2nc3nc4cccc(c24)[N+]32CCOCC2)C1. The Labute approximate surface area is 175 Å². The molecule has 4 heterocycles. The summed E-state index contributed by atoms with van der Waals surface area (Å²) < 4.78 is 23.6. The fourth-order valence-electron chi connectivity index (χ4n) is 5.07. The summed E-state index contributed by atoms with van der Waals surface area (Å²) in [7, 11) is 4.84. The molecule has 0 N–H and O–H groups in total. The molecule has 4 bridgehead atoms. The fraction of sp³-hybridized carbons (Fsp3) is 0.455.